The van der Waals surface area contributed by atoms with Crippen LogP contribution in [0.2, 0.25) is 5.02 Å². The van der Waals surface area contributed by atoms with E-state index in [1.54, 1.807) is 0 Å². The molecule has 0 N–H and O–H groups in total. The number of carbonyl (C=O) groups excluding carboxylic acids is 1. The molecule has 0 bridgehead atoms. The normalized spacial score (nSPS) is 27.2. The van der Waals surface area contributed by atoms with Gasteiger partial charge in [-0.3, -0.25) is 4.79 Å². The Morgan fingerprint density at radius 3 is 2.94 bits per heavy atom. The van der Waals surface area contributed by atoms with Gasteiger partial charge in [-0.2, -0.15) is 0 Å². The number of Topliss-reactive ketones (excluding diaryl/α,β-unsaturated/α-hetero) is 1. The molecule has 1 saturated carbocycles. The predicted molar refractivity (Wildman–Crippen MR) is 70.3 cm³/mol. The smallest absolute Gasteiger partial charge is 0.134 e. The third kappa shape index (κ3) is 1.56. The van der Waals surface area contributed by atoms with Crippen molar-refractivity contribution in [1.29, 1.82) is 0 Å². The van der Waals surface area contributed by atoms with Crippen molar-refractivity contribution in [3.05, 3.63) is 40.4 Å². The summed E-state index contributed by atoms with van der Waals surface area (Å²) in [5.41, 5.74) is 3.58. The molecule has 1 spiro atoms. The molecule has 1 aromatic rings. The maximum Gasteiger partial charge on any atom is 0.134 e. The molecule has 0 unspecified atom stereocenters. The second-order valence-electron chi connectivity index (χ2n) is 5.21. The topological polar surface area (TPSA) is 17.1 Å². The summed E-state index contributed by atoms with van der Waals surface area (Å²) in [6.45, 7) is 2.10. The van der Waals surface area contributed by atoms with Crippen molar-refractivity contribution >= 4 is 23.0 Å². The first-order valence-corrected chi connectivity index (χ1v) is 6.51. The molecule has 1 aromatic carbocycles. The largest absolute Gasteiger partial charge is 0.300 e. The highest BCUT2D eigenvalue weighted by molar-refractivity contribution is 6.32. The standard InChI is InChI=1S/C15H15ClO/c1-10-8-15(7-3-4-11(17)9-15)12-5-2-6-13(16)14(10)12/h2,5-6,8H,3-4,7,9H2,1H3/t15-/m1/s1. The number of hydrogen-bond donors (Lipinski definition) is 0. The molecule has 1 fully saturated rings. The van der Waals surface area contributed by atoms with E-state index in [-0.39, 0.29) is 5.41 Å². The van der Waals surface area contributed by atoms with Gasteiger partial charge in [0.15, 0.2) is 0 Å². The van der Waals surface area contributed by atoms with Crippen LogP contribution in [0.1, 0.15) is 43.7 Å². The molecule has 2 aliphatic carbocycles. The van der Waals surface area contributed by atoms with E-state index >= 15 is 0 Å². The second-order valence-corrected chi connectivity index (χ2v) is 5.62. The van der Waals surface area contributed by atoms with Crippen LogP contribution in [0, 0.1) is 0 Å². The number of benzene rings is 1. The van der Waals surface area contributed by atoms with Crippen molar-refractivity contribution in [2.24, 2.45) is 0 Å². The summed E-state index contributed by atoms with van der Waals surface area (Å²) < 4.78 is 0. The van der Waals surface area contributed by atoms with Gasteiger partial charge < -0.3 is 0 Å². The molecule has 0 amide bonds. The summed E-state index contributed by atoms with van der Waals surface area (Å²) in [6, 6.07) is 6.06. The number of rotatable bonds is 0. The van der Waals surface area contributed by atoms with Crippen LogP contribution in [0.5, 0.6) is 0 Å². The van der Waals surface area contributed by atoms with Gasteiger partial charge in [-0.1, -0.05) is 29.8 Å². The highest BCUT2D eigenvalue weighted by Crippen LogP contribution is 2.50. The molecule has 1 nitrogen and oxygen atoms in total. The van der Waals surface area contributed by atoms with E-state index in [1.165, 1.54) is 11.1 Å². The fourth-order valence-electron chi connectivity index (χ4n) is 3.39. The third-order valence-electron chi connectivity index (χ3n) is 4.03. The van der Waals surface area contributed by atoms with E-state index in [9.17, 15) is 4.79 Å². The van der Waals surface area contributed by atoms with Gasteiger partial charge in [-0.15, -0.1) is 0 Å². The average molecular weight is 247 g/mol. The Labute approximate surface area is 106 Å². The highest BCUT2D eigenvalue weighted by atomic mass is 35.5. The number of hydrogen-bond acceptors (Lipinski definition) is 1. The van der Waals surface area contributed by atoms with Crippen LogP contribution in [0.4, 0.5) is 0 Å². The van der Waals surface area contributed by atoms with E-state index in [0.717, 1.165) is 29.8 Å². The minimum atomic E-state index is -0.0559. The monoisotopic (exact) mass is 246 g/mol. The van der Waals surface area contributed by atoms with Gasteiger partial charge in [-0.05, 0) is 42.5 Å². The Morgan fingerprint density at radius 1 is 1.35 bits per heavy atom. The average Bonchev–Trinajstić information content (AvgIpc) is 2.53. The Morgan fingerprint density at radius 2 is 2.18 bits per heavy atom. The van der Waals surface area contributed by atoms with Gasteiger partial charge in [0, 0.05) is 23.3 Å². The maximum atomic E-state index is 11.8. The van der Waals surface area contributed by atoms with E-state index in [2.05, 4.69) is 19.1 Å². The fourth-order valence-corrected chi connectivity index (χ4v) is 3.71. The maximum absolute atomic E-state index is 11.8. The number of fused-ring (bicyclic) bond motifs is 2. The lowest BCUT2D eigenvalue weighted by atomic mass is 9.70. The van der Waals surface area contributed by atoms with Crippen molar-refractivity contribution in [3.63, 3.8) is 0 Å². The molecule has 1 atom stereocenters. The van der Waals surface area contributed by atoms with Crippen molar-refractivity contribution in [1.82, 2.24) is 0 Å². The lowest BCUT2D eigenvalue weighted by molar-refractivity contribution is -0.121. The van der Waals surface area contributed by atoms with Gasteiger partial charge in [0.05, 0.1) is 0 Å². The summed E-state index contributed by atoms with van der Waals surface area (Å²) in [6.07, 6.45) is 5.72. The minimum Gasteiger partial charge on any atom is -0.300 e. The molecule has 3 rings (SSSR count). The van der Waals surface area contributed by atoms with Crippen molar-refractivity contribution in [2.45, 2.75) is 38.0 Å². The SMILES string of the molecule is CC1=C[C@@]2(CCCC(=O)C2)c2cccc(Cl)c21. The van der Waals surface area contributed by atoms with Crippen molar-refractivity contribution < 1.29 is 4.79 Å². The number of carbonyl (C=O) groups is 1. The Hall–Kier alpha value is -1.08. The first kappa shape index (κ1) is 11.0. The highest BCUT2D eigenvalue weighted by Gasteiger charge is 2.41. The van der Waals surface area contributed by atoms with Crippen LogP contribution in [0.3, 0.4) is 0 Å². The zero-order valence-corrected chi connectivity index (χ0v) is 10.7. The Balaban J connectivity index is 2.17. The first-order chi connectivity index (χ1) is 8.12. The molecule has 88 valence electrons. The Bertz CT molecular complexity index is 530. The van der Waals surface area contributed by atoms with E-state index in [4.69, 9.17) is 11.6 Å². The van der Waals surface area contributed by atoms with Crippen LogP contribution >= 0.6 is 11.6 Å². The van der Waals surface area contributed by atoms with Crippen molar-refractivity contribution in [3.8, 4) is 0 Å². The second kappa shape index (κ2) is 3.71. The van der Waals surface area contributed by atoms with E-state index in [0.29, 0.717) is 12.2 Å². The minimum absolute atomic E-state index is 0.0559. The molecule has 0 heterocycles. The summed E-state index contributed by atoms with van der Waals surface area (Å²) in [5.74, 6) is 0.383. The van der Waals surface area contributed by atoms with Crippen LogP contribution in [0.15, 0.2) is 24.3 Å². The fraction of sp³-hybridized carbons (Fsp3) is 0.400. The molecule has 0 saturated heterocycles. The molecular weight excluding hydrogens is 232 g/mol. The van der Waals surface area contributed by atoms with Gasteiger partial charge in [-0.25, -0.2) is 0 Å². The first-order valence-electron chi connectivity index (χ1n) is 6.13. The van der Waals surface area contributed by atoms with Crippen molar-refractivity contribution in [2.75, 3.05) is 0 Å². The predicted octanol–water partition coefficient (Wildman–Crippen LogP) is 4.14. The molecule has 0 aromatic heterocycles. The van der Waals surface area contributed by atoms with Crippen LogP contribution in [-0.2, 0) is 10.2 Å². The van der Waals surface area contributed by atoms with E-state index < -0.39 is 0 Å². The molecule has 2 heteroatoms. The van der Waals surface area contributed by atoms with Gasteiger partial charge in [0.2, 0.25) is 0 Å². The van der Waals surface area contributed by atoms with Gasteiger partial charge >= 0.3 is 0 Å². The Kier molecular flexibility index (Phi) is 2.41. The zero-order chi connectivity index (χ0) is 12.0. The van der Waals surface area contributed by atoms with Gasteiger partial charge in [0.25, 0.3) is 0 Å². The third-order valence-corrected chi connectivity index (χ3v) is 4.34. The van der Waals surface area contributed by atoms with E-state index in [1.807, 2.05) is 12.1 Å². The molecular formula is C15H15ClO. The molecule has 0 radical (unpaired) electrons. The quantitative estimate of drug-likeness (QED) is 0.673. The van der Waals surface area contributed by atoms with Crippen LogP contribution < -0.4 is 0 Å². The molecule has 17 heavy (non-hydrogen) atoms. The molecule has 0 aliphatic heterocycles. The summed E-state index contributed by atoms with van der Waals surface area (Å²) in [7, 11) is 0. The lowest BCUT2D eigenvalue weighted by Crippen LogP contribution is -2.29. The lowest BCUT2D eigenvalue weighted by Gasteiger charge is -2.32. The number of allylic oxidation sites excluding steroid dienone is 2. The van der Waals surface area contributed by atoms with Crippen LogP contribution in [0.25, 0.3) is 5.57 Å². The van der Waals surface area contributed by atoms with Gasteiger partial charge in [0.1, 0.15) is 5.78 Å². The number of halogens is 1. The number of ketones is 1. The van der Waals surface area contributed by atoms with Crippen LogP contribution in [-0.4, -0.2) is 5.78 Å². The summed E-state index contributed by atoms with van der Waals surface area (Å²) >= 11 is 6.28. The summed E-state index contributed by atoms with van der Waals surface area (Å²) in [5, 5.41) is 0.811. The summed E-state index contributed by atoms with van der Waals surface area (Å²) in [4.78, 5) is 11.8. The zero-order valence-electron chi connectivity index (χ0n) is 9.92. The molecule has 2 aliphatic rings.